The Morgan fingerprint density at radius 3 is 1.94 bits per heavy atom. The predicted octanol–water partition coefficient (Wildman–Crippen LogP) is 3.43. The molecule has 3 rings (SSSR count). The summed E-state index contributed by atoms with van der Waals surface area (Å²) in [5.41, 5.74) is 3.96. The molecule has 1 aliphatic carbocycles. The first-order chi connectivity index (χ1) is 8.90. The highest BCUT2D eigenvalue weighted by Crippen LogP contribution is 2.20. The van der Waals surface area contributed by atoms with Gasteiger partial charge in [-0.25, -0.2) is 0 Å². The van der Waals surface area contributed by atoms with Crippen molar-refractivity contribution in [1.29, 1.82) is 0 Å². The second-order valence-corrected chi connectivity index (χ2v) is 4.25. The normalized spacial score (nSPS) is 12.0. The van der Waals surface area contributed by atoms with E-state index >= 15 is 0 Å². The second kappa shape index (κ2) is 6.60. The number of anilines is 1. The Kier molecular flexibility index (Phi) is 4.53. The van der Waals surface area contributed by atoms with Crippen molar-refractivity contribution >= 4 is 12.1 Å². The van der Waals surface area contributed by atoms with Crippen LogP contribution in [-0.2, 0) is 17.6 Å². The molecule has 1 aliphatic rings. The Balaban J connectivity index is 0.000000134. The largest absolute Gasteiger partial charge is 0.329 e. The van der Waals surface area contributed by atoms with Crippen LogP contribution in [0.5, 0.6) is 0 Å². The number of rotatable bonds is 2. The van der Waals surface area contributed by atoms with E-state index in [1.165, 1.54) is 19.3 Å². The van der Waals surface area contributed by atoms with Gasteiger partial charge in [-0.15, -0.1) is 0 Å². The van der Waals surface area contributed by atoms with Gasteiger partial charge in [0.2, 0.25) is 6.41 Å². The van der Waals surface area contributed by atoms with Crippen molar-refractivity contribution in [2.75, 3.05) is 5.32 Å². The van der Waals surface area contributed by atoms with E-state index in [-0.39, 0.29) is 0 Å². The van der Waals surface area contributed by atoms with Gasteiger partial charge in [-0.05, 0) is 42.5 Å². The number of carbonyl (C=O) groups excluding carboxylic acids is 1. The van der Waals surface area contributed by atoms with Crippen LogP contribution in [0.1, 0.15) is 17.5 Å². The number of carbonyl (C=O) groups is 1. The predicted molar refractivity (Wildman–Crippen MR) is 74.6 cm³/mol. The first-order valence-electron chi connectivity index (χ1n) is 6.22. The first-order valence-corrected chi connectivity index (χ1v) is 6.22. The molecule has 0 saturated carbocycles. The van der Waals surface area contributed by atoms with Crippen LogP contribution in [0.3, 0.4) is 0 Å². The van der Waals surface area contributed by atoms with Crippen molar-refractivity contribution < 1.29 is 4.79 Å². The summed E-state index contributed by atoms with van der Waals surface area (Å²) >= 11 is 0. The third kappa shape index (κ3) is 3.45. The fourth-order valence-corrected chi connectivity index (χ4v) is 2.12. The average Bonchev–Trinajstić information content (AvgIpc) is 2.89. The van der Waals surface area contributed by atoms with E-state index in [1.807, 2.05) is 30.3 Å². The lowest BCUT2D eigenvalue weighted by Crippen LogP contribution is -1.91. The van der Waals surface area contributed by atoms with Gasteiger partial charge in [0.25, 0.3) is 0 Å². The van der Waals surface area contributed by atoms with Gasteiger partial charge in [0, 0.05) is 5.69 Å². The molecule has 0 atom stereocenters. The lowest BCUT2D eigenvalue weighted by atomic mass is 10.1. The molecule has 18 heavy (non-hydrogen) atoms. The van der Waals surface area contributed by atoms with E-state index < -0.39 is 0 Å². The molecule has 0 aliphatic heterocycles. The molecule has 1 N–H and O–H groups in total. The van der Waals surface area contributed by atoms with Crippen molar-refractivity contribution in [3.8, 4) is 0 Å². The number of amides is 1. The van der Waals surface area contributed by atoms with E-state index in [1.54, 1.807) is 11.1 Å². The van der Waals surface area contributed by atoms with Crippen LogP contribution in [0.25, 0.3) is 0 Å². The summed E-state index contributed by atoms with van der Waals surface area (Å²) in [4.78, 5) is 9.86. The summed E-state index contributed by atoms with van der Waals surface area (Å²) in [6.07, 6.45) is 4.63. The maximum absolute atomic E-state index is 9.86. The van der Waals surface area contributed by atoms with Crippen molar-refractivity contribution in [2.24, 2.45) is 0 Å². The number of hydrogen-bond donors (Lipinski definition) is 1. The van der Waals surface area contributed by atoms with E-state index in [4.69, 9.17) is 0 Å². The first kappa shape index (κ1) is 12.4. The molecule has 0 saturated heterocycles. The third-order valence-corrected chi connectivity index (χ3v) is 3.01. The van der Waals surface area contributed by atoms with Crippen LogP contribution in [0, 0.1) is 0 Å². The lowest BCUT2D eigenvalue weighted by Gasteiger charge is -1.93. The monoisotopic (exact) mass is 239 g/mol. The minimum Gasteiger partial charge on any atom is -0.329 e. The van der Waals surface area contributed by atoms with Gasteiger partial charge in [-0.1, -0.05) is 42.5 Å². The molecular formula is C16H17NO. The van der Waals surface area contributed by atoms with Crippen LogP contribution >= 0.6 is 0 Å². The van der Waals surface area contributed by atoms with Crippen molar-refractivity contribution in [3.05, 3.63) is 65.7 Å². The number of aryl methyl sites for hydroxylation is 2. The molecule has 2 nitrogen and oxygen atoms in total. The molecular weight excluding hydrogens is 222 g/mol. The van der Waals surface area contributed by atoms with Crippen LogP contribution in [-0.4, -0.2) is 6.41 Å². The van der Waals surface area contributed by atoms with Crippen LogP contribution in [0.2, 0.25) is 0 Å². The Bertz CT molecular complexity index is 470. The van der Waals surface area contributed by atoms with E-state index in [0.29, 0.717) is 6.41 Å². The maximum Gasteiger partial charge on any atom is 0.211 e. The fourth-order valence-electron chi connectivity index (χ4n) is 2.12. The van der Waals surface area contributed by atoms with Gasteiger partial charge in [-0.2, -0.15) is 0 Å². The molecule has 0 aromatic heterocycles. The van der Waals surface area contributed by atoms with Gasteiger partial charge in [0.1, 0.15) is 0 Å². The molecule has 0 fully saturated rings. The zero-order valence-electron chi connectivity index (χ0n) is 10.3. The molecule has 0 radical (unpaired) electrons. The molecule has 92 valence electrons. The molecule has 0 spiro atoms. The molecule has 0 bridgehead atoms. The third-order valence-electron chi connectivity index (χ3n) is 3.01. The molecule has 0 heterocycles. The smallest absolute Gasteiger partial charge is 0.211 e. The van der Waals surface area contributed by atoms with E-state index in [9.17, 15) is 4.79 Å². The van der Waals surface area contributed by atoms with Gasteiger partial charge in [0.15, 0.2) is 0 Å². The highest BCUT2D eigenvalue weighted by atomic mass is 16.1. The summed E-state index contributed by atoms with van der Waals surface area (Å²) in [6, 6.07) is 18.0. The lowest BCUT2D eigenvalue weighted by molar-refractivity contribution is -0.105. The summed E-state index contributed by atoms with van der Waals surface area (Å²) in [6.45, 7) is 0. The minimum absolute atomic E-state index is 0.662. The van der Waals surface area contributed by atoms with Crippen molar-refractivity contribution in [1.82, 2.24) is 0 Å². The number of nitrogens with one attached hydrogen (secondary N) is 1. The quantitative estimate of drug-likeness (QED) is 0.799. The van der Waals surface area contributed by atoms with Crippen LogP contribution < -0.4 is 5.32 Å². The molecule has 2 aromatic rings. The van der Waals surface area contributed by atoms with Crippen molar-refractivity contribution in [2.45, 2.75) is 19.3 Å². The topological polar surface area (TPSA) is 29.1 Å². The summed E-state index contributed by atoms with van der Waals surface area (Å²) in [7, 11) is 0. The Hall–Kier alpha value is -2.09. The van der Waals surface area contributed by atoms with E-state index in [2.05, 4.69) is 29.6 Å². The van der Waals surface area contributed by atoms with Crippen LogP contribution in [0.15, 0.2) is 54.6 Å². The Morgan fingerprint density at radius 2 is 1.39 bits per heavy atom. The van der Waals surface area contributed by atoms with Gasteiger partial charge in [-0.3, -0.25) is 4.79 Å². The zero-order chi connectivity index (χ0) is 12.6. The molecule has 1 amide bonds. The zero-order valence-corrected chi connectivity index (χ0v) is 10.3. The van der Waals surface area contributed by atoms with E-state index in [0.717, 1.165) is 5.69 Å². The maximum atomic E-state index is 9.86. The fraction of sp³-hybridized carbons (Fsp3) is 0.188. The number of benzene rings is 2. The molecule has 2 aromatic carbocycles. The van der Waals surface area contributed by atoms with Crippen LogP contribution in [0.4, 0.5) is 5.69 Å². The Labute approximate surface area is 108 Å². The molecule has 0 unspecified atom stereocenters. The van der Waals surface area contributed by atoms with Gasteiger partial charge in [0.05, 0.1) is 0 Å². The SMILES string of the molecule is O=CNc1ccccc1.c1ccc2c(c1)CCC2. The highest BCUT2D eigenvalue weighted by Gasteiger charge is 2.07. The summed E-state index contributed by atoms with van der Waals surface area (Å²) < 4.78 is 0. The second-order valence-electron chi connectivity index (χ2n) is 4.25. The standard InChI is InChI=1S/C9H10.C7H7NO/c1-2-5-9-7-3-6-8(9)4-1;9-6-8-7-4-2-1-3-5-7/h1-2,4-5H,3,6-7H2;1-6H,(H,8,9). The summed E-state index contributed by atoms with van der Waals surface area (Å²) in [5.74, 6) is 0. The Morgan fingerprint density at radius 1 is 0.833 bits per heavy atom. The summed E-state index contributed by atoms with van der Waals surface area (Å²) in [5, 5.41) is 2.53. The molecule has 2 heteroatoms. The van der Waals surface area contributed by atoms with Gasteiger partial charge < -0.3 is 5.32 Å². The number of para-hydroxylation sites is 1. The van der Waals surface area contributed by atoms with Gasteiger partial charge >= 0.3 is 0 Å². The number of fused-ring (bicyclic) bond motifs is 1. The highest BCUT2D eigenvalue weighted by molar-refractivity contribution is 5.70. The van der Waals surface area contributed by atoms with Crippen molar-refractivity contribution in [3.63, 3.8) is 0 Å². The average molecular weight is 239 g/mol. The minimum atomic E-state index is 0.662. The number of hydrogen-bond acceptors (Lipinski definition) is 1.